The highest BCUT2D eigenvalue weighted by molar-refractivity contribution is 7.17. The number of amides is 1. The van der Waals surface area contributed by atoms with Crippen LogP contribution in [0.5, 0.6) is 0 Å². The summed E-state index contributed by atoms with van der Waals surface area (Å²) in [4.78, 5) is 28.9. The molecule has 1 aromatic heterocycles. The third-order valence-electron chi connectivity index (χ3n) is 3.73. The number of benzene rings is 2. The Kier molecular flexibility index (Phi) is 5.93. The molecule has 0 saturated heterocycles. The van der Waals surface area contributed by atoms with E-state index in [-0.39, 0.29) is 19.0 Å². The normalized spacial score (nSPS) is 10.4. The van der Waals surface area contributed by atoms with Crippen LogP contribution in [0.4, 0.5) is 4.39 Å². The smallest absolute Gasteiger partial charge is 0.325 e. The van der Waals surface area contributed by atoms with E-state index < -0.39 is 11.9 Å². The molecule has 0 atom stereocenters. The van der Waals surface area contributed by atoms with Gasteiger partial charge in [0, 0.05) is 5.56 Å². The fourth-order valence-electron chi connectivity index (χ4n) is 2.34. The lowest BCUT2D eigenvalue weighted by Gasteiger charge is -2.06. The minimum absolute atomic E-state index is 0.157. The lowest BCUT2D eigenvalue weighted by Crippen LogP contribution is -2.30. The van der Waals surface area contributed by atoms with Gasteiger partial charge in [0.2, 0.25) is 0 Å². The number of aromatic nitrogens is 1. The van der Waals surface area contributed by atoms with Crippen molar-refractivity contribution in [1.82, 2.24) is 10.3 Å². The maximum Gasteiger partial charge on any atom is 0.325 e. The number of aryl methyl sites for hydroxylation is 1. The fourth-order valence-corrected chi connectivity index (χ4v) is 3.33. The Labute approximate surface area is 159 Å². The first kappa shape index (κ1) is 18.7. The summed E-state index contributed by atoms with van der Waals surface area (Å²) in [5.74, 6) is -1.25. The van der Waals surface area contributed by atoms with Gasteiger partial charge in [0.15, 0.2) is 0 Å². The summed E-state index contributed by atoms with van der Waals surface area (Å²) in [6, 6.07) is 15.2. The second kappa shape index (κ2) is 8.55. The molecule has 1 heterocycles. The number of hydrogen-bond donors (Lipinski definition) is 1. The standard InChI is InChI=1S/C20H17FN2O3S/c1-13-18(27-20(23-13)15-7-9-16(21)10-8-15)19(25)22-11-17(24)26-12-14-5-3-2-4-6-14/h2-10H,11-12H2,1H3,(H,22,25). The van der Waals surface area contributed by atoms with Gasteiger partial charge in [0.25, 0.3) is 5.91 Å². The average molecular weight is 384 g/mol. The Bertz CT molecular complexity index is 940. The summed E-state index contributed by atoms with van der Waals surface area (Å²) < 4.78 is 18.2. The second-order valence-corrected chi connectivity index (χ2v) is 6.77. The van der Waals surface area contributed by atoms with Crippen molar-refractivity contribution >= 4 is 23.2 Å². The zero-order chi connectivity index (χ0) is 19.2. The van der Waals surface area contributed by atoms with Crippen LogP contribution in [0.3, 0.4) is 0 Å². The molecule has 0 radical (unpaired) electrons. The molecule has 7 heteroatoms. The van der Waals surface area contributed by atoms with Gasteiger partial charge in [-0.15, -0.1) is 11.3 Å². The van der Waals surface area contributed by atoms with Crippen LogP contribution in [0.2, 0.25) is 0 Å². The van der Waals surface area contributed by atoms with E-state index in [4.69, 9.17) is 4.74 Å². The molecule has 0 saturated carbocycles. The number of nitrogens with one attached hydrogen (secondary N) is 1. The van der Waals surface area contributed by atoms with Crippen molar-refractivity contribution in [1.29, 1.82) is 0 Å². The van der Waals surface area contributed by atoms with Crippen LogP contribution >= 0.6 is 11.3 Å². The number of halogens is 1. The Morgan fingerprint density at radius 3 is 2.52 bits per heavy atom. The monoisotopic (exact) mass is 384 g/mol. The highest BCUT2D eigenvalue weighted by Gasteiger charge is 2.17. The zero-order valence-corrected chi connectivity index (χ0v) is 15.4. The molecule has 138 valence electrons. The molecule has 0 bridgehead atoms. The first-order valence-electron chi connectivity index (χ1n) is 8.24. The van der Waals surface area contributed by atoms with Gasteiger partial charge in [-0.1, -0.05) is 30.3 Å². The topological polar surface area (TPSA) is 68.3 Å². The van der Waals surface area contributed by atoms with Gasteiger partial charge in [-0.2, -0.15) is 0 Å². The molecule has 1 N–H and O–H groups in total. The molecular weight excluding hydrogens is 367 g/mol. The molecule has 5 nitrogen and oxygen atoms in total. The number of hydrogen-bond acceptors (Lipinski definition) is 5. The first-order chi connectivity index (χ1) is 13.0. The summed E-state index contributed by atoms with van der Waals surface area (Å²) in [6.45, 7) is 1.64. The van der Waals surface area contributed by atoms with E-state index in [1.165, 1.54) is 23.5 Å². The van der Waals surface area contributed by atoms with Gasteiger partial charge >= 0.3 is 5.97 Å². The van der Waals surface area contributed by atoms with E-state index in [1.807, 2.05) is 30.3 Å². The largest absolute Gasteiger partial charge is 0.460 e. The third-order valence-corrected chi connectivity index (χ3v) is 4.94. The van der Waals surface area contributed by atoms with E-state index >= 15 is 0 Å². The van der Waals surface area contributed by atoms with E-state index in [0.717, 1.165) is 11.1 Å². The quantitative estimate of drug-likeness (QED) is 0.658. The van der Waals surface area contributed by atoms with Crippen LogP contribution in [0.25, 0.3) is 10.6 Å². The van der Waals surface area contributed by atoms with E-state index in [0.29, 0.717) is 15.6 Å². The van der Waals surface area contributed by atoms with Gasteiger partial charge in [0.1, 0.15) is 28.9 Å². The molecule has 27 heavy (non-hydrogen) atoms. The van der Waals surface area contributed by atoms with Crippen molar-refractivity contribution < 1.29 is 18.7 Å². The number of rotatable bonds is 6. The predicted octanol–water partition coefficient (Wildman–Crippen LogP) is 3.73. The molecule has 2 aromatic carbocycles. The highest BCUT2D eigenvalue weighted by Crippen LogP contribution is 2.27. The molecule has 0 spiro atoms. The third kappa shape index (κ3) is 4.98. The average Bonchev–Trinajstić information content (AvgIpc) is 3.07. The predicted molar refractivity (Wildman–Crippen MR) is 101 cm³/mol. The molecule has 3 aromatic rings. The summed E-state index contributed by atoms with van der Waals surface area (Å²) in [7, 11) is 0. The van der Waals surface area contributed by atoms with Crippen LogP contribution in [-0.4, -0.2) is 23.4 Å². The summed E-state index contributed by atoms with van der Waals surface area (Å²) in [5, 5.41) is 3.16. The van der Waals surface area contributed by atoms with Crippen molar-refractivity contribution in [3.63, 3.8) is 0 Å². The van der Waals surface area contributed by atoms with Crippen LogP contribution < -0.4 is 5.32 Å². The maximum atomic E-state index is 13.0. The van der Waals surface area contributed by atoms with Crippen molar-refractivity contribution in [2.45, 2.75) is 13.5 Å². The van der Waals surface area contributed by atoms with E-state index in [9.17, 15) is 14.0 Å². The van der Waals surface area contributed by atoms with Gasteiger partial charge in [-0.05, 0) is 36.8 Å². The van der Waals surface area contributed by atoms with Crippen molar-refractivity contribution in [2.75, 3.05) is 6.54 Å². The van der Waals surface area contributed by atoms with E-state index in [2.05, 4.69) is 10.3 Å². The Balaban J connectivity index is 1.56. The van der Waals surface area contributed by atoms with Gasteiger partial charge in [-0.3, -0.25) is 9.59 Å². The van der Waals surface area contributed by atoms with Gasteiger partial charge in [-0.25, -0.2) is 9.37 Å². The van der Waals surface area contributed by atoms with Crippen molar-refractivity contribution in [3.8, 4) is 10.6 Å². The summed E-state index contributed by atoms with van der Waals surface area (Å²) in [6.07, 6.45) is 0. The van der Waals surface area contributed by atoms with Crippen molar-refractivity contribution in [2.24, 2.45) is 0 Å². The summed E-state index contributed by atoms with van der Waals surface area (Å²) in [5.41, 5.74) is 2.15. The van der Waals surface area contributed by atoms with Gasteiger partial charge in [0.05, 0.1) is 5.69 Å². The molecular formula is C20H17FN2O3S. The SMILES string of the molecule is Cc1nc(-c2ccc(F)cc2)sc1C(=O)NCC(=O)OCc1ccccc1. The highest BCUT2D eigenvalue weighted by atomic mass is 32.1. The number of esters is 1. The van der Waals surface area contributed by atoms with Crippen LogP contribution in [0.15, 0.2) is 54.6 Å². The van der Waals surface area contributed by atoms with Crippen LogP contribution in [-0.2, 0) is 16.1 Å². The molecule has 0 aliphatic carbocycles. The lowest BCUT2D eigenvalue weighted by atomic mass is 10.2. The number of carbonyl (C=O) groups excluding carboxylic acids is 2. The van der Waals surface area contributed by atoms with Crippen LogP contribution in [0, 0.1) is 12.7 Å². The number of carbonyl (C=O) groups is 2. The lowest BCUT2D eigenvalue weighted by molar-refractivity contribution is -0.143. The molecule has 0 unspecified atom stereocenters. The number of nitrogens with zero attached hydrogens (tertiary/aromatic N) is 1. The van der Waals surface area contributed by atoms with E-state index in [1.54, 1.807) is 19.1 Å². The fraction of sp³-hybridized carbons (Fsp3) is 0.150. The minimum atomic E-state index is -0.520. The van der Waals surface area contributed by atoms with Crippen LogP contribution in [0.1, 0.15) is 20.9 Å². The molecule has 1 amide bonds. The van der Waals surface area contributed by atoms with Crippen molar-refractivity contribution in [3.05, 3.63) is 76.5 Å². The molecule has 3 rings (SSSR count). The molecule has 0 fully saturated rings. The number of thiazole rings is 1. The molecule has 0 aliphatic rings. The van der Waals surface area contributed by atoms with Gasteiger partial charge < -0.3 is 10.1 Å². The second-order valence-electron chi connectivity index (χ2n) is 5.77. The maximum absolute atomic E-state index is 13.0. The zero-order valence-electron chi connectivity index (χ0n) is 14.6. The Morgan fingerprint density at radius 1 is 1.11 bits per heavy atom. The number of ether oxygens (including phenoxy) is 1. The minimum Gasteiger partial charge on any atom is -0.460 e. The molecule has 0 aliphatic heterocycles. The summed E-state index contributed by atoms with van der Waals surface area (Å²) >= 11 is 1.19. The Hall–Kier alpha value is -3.06. The Morgan fingerprint density at radius 2 is 1.81 bits per heavy atom. The first-order valence-corrected chi connectivity index (χ1v) is 9.05.